The average molecular weight is 513 g/mol. The normalized spacial score (nSPS) is 17.6. The maximum Gasteiger partial charge on any atom is 0.322 e. The Kier molecular flexibility index (Phi) is 8.80. The molecule has 4 atom stereocenters. The lowest BCUT2D eigenvalue weighted by atomic mass is 10.0. The molecule has 2 aromatic carbocycles. The third kappa shape index (κ3) is 8.04. The molecule has 37 heavy (non-hydrogen) atoms. The number of aromatic hydroxyl groups is 1. The van der Waals surface area contributed by atoms with E-state index >= 15 is 0 Å². The van der Waals surface area contributed by atoms with E-state index in [0.717, 1.165) is 11.1 Å². The second kappa shape index (κ2) is 12.0. The summed E-state index contributed by atoms with van der Waals surface area (Å²) in [6.45, 7) is 1.28. The third-order valence-corrected chi connectivity index (χ3v) is 5.65. The van der Waals surface area contributed by atoms with Crippen LogP contribution in [0, 0.1) is 6.92 Å². The molecule has 3 rings (SSSR count). The summed E-state index contributed by atoms with van der Waals surface area (Å²) in [6, 6.07) is 11.1. The van der Waals surface area contributed by atoms with Crippen LogP contribution in [0.25, 0.3) is 0 Å². The molecule has 1 aliphatic heterocycles. The SMILES string of the molecule is Cc1ccc(C[C@H](NC(=O)[C@H]2OC2C(=O)NCC(=O)O)C(=O)N[C@@H](Cc2ccc(O)cc2)C(N)=O)cc1. The van der Waals surface area contributed by atoms with Crippen LogP contribution >= 0.6 is 0 Å². The molecule has 1 heterocycles. The minimum absolute atomic E-state index is 0.0431. The number of phenols is 1. The lowest BCUT2D eigenvalue weighted by Gasteiger charge is -2.22. The summed E-state index contributed by atoms with van der Waals surface area (Å²) < 4.78 is 5.08. The maximum atomic E-state index is 13.2. The smallest absolute Gasteiger partial charge is 0.322 e. The molecule has 0 saturated carbocycles. The average Bonchev–Trinajstić information content (AvgIpc) is 3.65. The number of epoxide rings is 1. The van der Waals surface area contributed by atoms with Crippen molar-refractivity contribution in [3.05, 3.63) is 65.2 Å². The van der Waals surface area contributed by atoms with Gasteiger partial charge in [0.05, 0.1) is 0 Å². The highest BCUT2D eigenvalue weighted by atomic mass is 16.6. The van der Waals surface area contributed by atoms with E-state index in [9.17, 15) is 29.1 Å². The second-order valence-corrected chi connectivity index (χ2v) is 8.67. The van der Waals surface area contributed by atoms with Crippen molar-refractivity contribution in [3.8, 4) is 5.75 Å². The van der Waals surface area contributed by atoms with Gasteiger partial charge in [0.1, 0.15) is 24.4 Å². The first kappa shape index (κ1) is 27.1. The molecular weight excluding hydrogens is 484 g/mol. The molecule has 7 N–H and O–H groups in total. The van der Waals surface area contributed by atoms with Gasteiger partial charge in [0.2, 0.25) is 11.8 Å². The highest BCUT2D eigenvalue weighted by Crippen LogP contribution is 2.23. The van der Waals surface area contributed by atoms with Crippen molar-refractivity contribution < 1.29 is 38.9 Å². The number of hydrogen-bond donors (Lipinski definition) is 6. The molecule has 1 unspecified atom stereocenters. The first-order valence-electron chi connectivity index (χ1n) is 11.4. The van der Waals surface area contributed by atoms with E-state index < -0.39 is 60.4 Å². The van der Waals surface area contributed by atoms with E-state index in [1.165, 1.54) is 12.1 Å². The minimum Gasteiger partial charge on any atom is -0.508 e. The minimum atomic E-state index is -1.25. The number of benzene rings is 2. The van der Waals surface area contributed by atoms with Gasteiger partial charge >= 0.3 is 5.97 Å². The van der Waals surface area contributed by atoms with Crippen LogP contribution in [0.3, 0.4) is 0 Å². The van der Waals surface area contributed by atoms with Crippen LogP contribution in [0.2, 0.25) is 0 Å². The monoisotopic (exact) mass is 512 g/mol. The van der Waals surface area contributed by atoms with Crippen LogP contribution in [-0.4, -0.2) is 70.6 Å². The molecule has 2 aromatic rings. The number of nitrogens with two attached hydrogens (primary N) is 1. The third-order valence-electron chi connectivity index (χ3n) is 5.65. The van der Waals surface area contributed by atoms with Crippen molar-refractivity contribution in [1.82, 2.24) is 16.0 Å². The van der Waals surface area contributed by atoms with Crippen LogP contribution in [0.1, 0.15) is 16.7 Å². The van der Waals surface area contributed by atoms with Crippen LogP contribution < -0.4 is 21.7 Å². The van der Waals surface area contributed by atoms with Gasteiger partial charge in [-0.3, -0.25) is 24.0 Å². The topological polar surface area (TPSA) is 200 Å². The Balaban J connectivity index is 1.70. The van der Waals surface area contributed by atoms with Gasteiger partial charge in [0.15, 0.2) is 12.2 Å². The quantitative estimate of drug-likeness (QED) is 0.193. The summed E-state index contributed by atoms with van der Waals surface area (Å²) >= 11 is 0. The fraction of sp³-hybridized carbons (Fsp3) is 0.320. The molecule has 0 aliphatic carbocycles. The van der Waals surface area contributed by atoms with E-state index in [-0.39, 0.29) is 18.6 Å². The molecule has 0 spiro atoms. The Bertz CT molecular complexity index is 1170. The number of aryl methyl sites for hydroxylation is 1. The van der Waals surface area contributed by atoms with Gasteiger partial charge in [0, 0.05) is 12.8 Å². The molecule has 0 bridgehead atoms. The number of primary amides is 1. The number of carbonyl (C=O) groups is 5. The van der Waals surface area contributed by atoms with Crippen LogP contribution in [0.5, 0.6) is 5.75 Å². The number of phenolic OH excluding ortho intramolecular Hbond substituents is 1. The van der Waals surface area contributed by atoms with Gasteiger partial charge in [-0.05, 0) is 30.2 Å². The Morgan fingerprint density at radius 1 is 0.865 bits per heavy atom. The van der Waals surface area contributed by atoms with Gasteiger partial charge < -0.3 is 36.6 Å². The van der Waals surface area contributed by atoms with E-state index in [0.29, 0.717) is 5.56 Å². The number of carboxylic acids is 1. The summed E-state index contributed by atoms with van der Waals surface area (Å²) in [7, 11) is 0. The van der Waals surface area contributed by atoms with Gasteiger partial charge in [-0.2, -0.15) is 0 Å². The summed E-state index contributed by atoms with van der Waals surface area (Å²) in [4.78, 5) is 60.6. The van der Waals surface area contributed by atoms with Crippen molar-refractivity contribution in [2.75, 3.05) is 6.54 Å². The lowest BCUT2D eigenvalue weighted by Crippen LogP contribution is -2.55. The number of carboxylic acid groups (broad SMARTS) is 1. The fourth-order valence-corrected chi connectivity index (χ4v) is 3.56. The summed E-state index contributed by atoms with van der Waals surface area (Å²) in [5.41, 5.74) is 7.87. The Morgan fingerprint density at radius 2 is 1.41 bits per heavy atom. The zero-order valence-electron chi connectivity index (χ0n) is 20.0. The van der Waals surface area contributed by atoms with Gasteiger partial charge in [-0.1, -0.05) is 42.0 Å². The van der Waals surface area contributed by atoms with E-state index in [4.69, 9.17) is 15.6 Å². The van der Waals surface area contributed by atoms with E-state index in [1.807, 2.05) is 19.1 Å². The zero-order valence-corrected chi connectivity index (χ0v) is 20.0. The van der Waals surface area contributed by atoms with Crippen molar-refractivity contribution in [2.24, 2.45) is 5.73 Å². The van der Waals surface area contributed by atoms with Crippen LogP contribution in [0.4, 0.5) is 0 Å². The molecule has 1 saturated heterocycles. The highest BCUT2D eigenvalue weighted by molar-refractivity contribution is 5.98. The Labute approximate surface area is 212 Å². The molecule has 1 aliphatic rings. The van der Waals surface area contributed by atoms with Crippen LogP contribution in [0.15, 0.2) is 48.5 Å². The molecular formula is C25H28N4O8. The van der Waals surface area contributed by atoms with Crippen molar-refractivity contribution >= 4 is 29.6 Å². The van der Waals surface area contributed by atoms with Crippen LogP contribution in [-0.2, 0) is 41.6 Å². The molecule has 0 aromatic heterocycles. The predicted octanol–water partition coefficient (Wildman–Crippen LogP) is -1.09. The summed E-state index contributed by atoms with van der Waals surface area (Å²) in [5, 5.41) is 25.4. The number of amides is 4. The predicted molar refractivity (Wildman–Crippen MR) is 129 cm³/mol. The molecule has 0 radical (unpaired) electrons. The molecule has 4 amide bonds. The molecule has 12 nitrogen and oxygen atoms in total. The second-order valence-electron chi connectivity index (χ2n) is 8.67. The summed E-state index contributed by atoms with van der Waals surface area (Å²) in [5.74, 6) is -4.17. The lowest BCUT2D eigenvalue weighted by molar-refractivity contribution is -0.138. The molecule has 1 fully saturated rings. The number of carbonyl (C=O) groups excluding carboxylic acids is 4. The van der Waals surface area contributed by atoms with Gasteiger partial charge in [0.25, 0.3) is 11.8 Å². The number of aliphatic carboxylic acids is 1. The van der Waals surface area contributed by atoms with Gasteiger partial charge in [-0.25, -0.2) is 0 Å². The first-order valence-corrected chi connectivity index (χ1v) is 11.4. The van der Waals surface area contributed by atoms with Gasteiger partial charge in [-0.15, -0.1) is 0 Å². The zero-order chi connectivity index (χ0) is 27.1. The van der Waals surface area contributed by atoms with Crippen molar-refractivity contribution in [1.29, 1.82) is 0 Å². The molecule has 196 valence electrons. The Morgan fingerprint density at radius 3 is 1.97 bits per heavy atom. The van der Waals surface area contributed by atoms with E-state index in [1.54, 1.807) is 24.3 Å². The van der Waals surface area contributed by atoms with Crippen molar-refractivity contribution in [2.45, 2.75) is 44.1 Å². The largest absolute Gasteiger partial charge is 0.508 e. The number of hydrogen-bond acceptors (Lipinski definition) is 7. The fourth-order valence-electron chi connectivity index (χ4n) is 3.56. The Hall–Kier alpha value is -4.45. The molecule has 12 heteroatoms. The maximum absolute atomic E-state index is 13.2. The summed E-state index contributed by atoms with van der Waals surface area (Å²) in [6.07, 6.45) is -2.23. The van der Waals surface area contributed by atoms with Crippen molar-refractivity contribution in [3.63, 3.8) is 0 Å². The van der Waals surface area contributed by atoms with E-state index in [2.05, 4.69) is 16.0 Å². The number of rotatable bonds is 12. The highest BCUT2D eigenvalue weighted by Gasteiger charge is 2.51. The number of nitrogens with one attached hydrogen (secondary N) is 3. The first-order chi connectivity index (χ1) is 17.5. The number of ether oxygens (including phenoxy) is 1. The standard InChI is InChI=1S/C25H28N4O8/c1-13-2-4-14(5-3-13)11-18(29-25(36)21-20(37-21)24(35)27-12-19(31)32)23(34)28-17(22(26)33)10-15-6-8-16(30)9-7-15/h2-9,17-18,20-21,30H,10-12H2,1H3,(H2,26,33)(H,27,35)(H,28,34)(H,29,36)(H,31,32)/t17-,18-,20?,21-/m0/s1.